The van der Waals surface area contributed by atoms with Crippen LogP contribution in [0.4, 0.5) is 21.7 Å². The number of amides is 1. The number of rotatable bonds is 6. The molecule has 5 nitrogen and oxygen atoms in total. The molecule has 27 heavy (non-hydrogen) atoms. The summed E-state index contributed by atoms with van der Waals surface area (Å²) in [6.45, 7) is 8.50. The Hall–Kier alpha value is -2.63. The number of pyridine rings is 1. The highest BCUT2D eigenvalue weighted by Crippen LogP contribution is 2.26. The minimum absolute atomic E-state index is 0.0384. The van der Waals surface area contributed by atoms with Crippen LogP contribution in [0.1, 0.15) is 38.3 Å². The van der Waals surface area contributed by atoms with Gasteiger partial charge in [0.1, 0.15) is 11.6 Å². The average Bonchev–Trinajstić information content (AvgIpc) is 2.54. The van der Waals surface area contributed by atoms with Crippen molar-refractivity contribution in [3.05, 3.63) is 47.3 Å². The number of benzene rings is 1. The lowest BCUT2D eigenvalue weighted by molar-refractivity contribution is -0.117. The molecule has 146 valence electrons. The van der Waals surface area contributed by atoms with Gasteiger partial charge in [0.15, 0.2) is 5.82 Å². The molecule has 0 spiro atoms. The molecule has 0 saturated carbocycles. The molecule has 6 heteroatoms. The van der Waals surface area contributed by atoms with Crippen molar-refractivity contribution in [1.82, 2.24) is 4.98 Å². The smallest absolute Gasteiger partial charge is 0.224 e. The van der Waals surface area contributed by atoms with Crippen LogP contribution in [-0.4, -0.2) is 25.0 Å². The third-order valence-electron chi connectivity index (χ3n) is 4.03. The molecule has 1 heterocycles. The van der Waals surface area contributed by atoms with Gasteiger partial charge in [0.05, 0.1) is 5.69 Å². The van der Waals surface area contributed by atoms with Crippen molar-refractivity contribution < 1.29 is 9.18 Å². The van der Waals surface area contributed by atoms with Gasteiger partial charge in [0.25, 0.3) is 0 Å². The lowest BCUT2D eigenvalue weighted by atomic mass is 9.92. The van der Waals surface area contributed by atoms with Crippen LogP contribution in [0.2, 0.25) is 0 Å². The molecular weight excluding hydrogens is 343 g/mol. The number of aryl methyl sites for hydroxylation is 1. The maximum Gasteiger partial charge on any atom is 0.224 e. The zero-order valence-corrected chi connectivity index (χ0v) is 17.0. The maximum absolute atomic E-state index is 13.4. The Labute approximate surface area is 161 Å². The van der Waals surface area contributed by atoms with Crippen LogP contribution in [-0.2, 0) is 11.3 Å². The fraction of sp³-hybridized carbons (Fsp3) is 0.429. The van der Waals surface area contributed by atoms with Crippen molar-refractivity contribution >= 4 is 23.2 Å². The largest absolute Gasteiger partial charge is 0.366 e. The predicted molar refractivity (Wildman–Crippen MR) is 110 cm³/mol. The molecule has 2 N–H and O–H groups in total. The van der Waals surface area contributed by atoms with E-state index >= 15 is 0 Å². The highest BCUT2D eigenvalue weighted by Gasteiger charge is 2.18. The minimum atomic E-state index is -0.253. The number of halogens is 1. The number of hydrogen-bond acceptors (Lipinski definition) is 4. The van der Waals surface area contributed by atoms with Gasteiger partial charge in [0.2, 0.25) is 5.91 Å². The summed E-state index contributed by atoms with van der Waals surface area (Å²) in [5.74, 6) is 1.04. The van der Waals surface area contributed by atoms with Crippen LogP contribution in [0.5, 0.6) is 0 Å². The number of carbonyl (C=O) groups is 1. The molecule has 0 bridgehead atoms. The molecule has 0 fully saturated rings. The molecule has 2 aromatic rings. The first-order chi connectivity index (χ1) is 12.5. The first kappa shape index (κ1) is 20.7. The molecule has 1 aromatic heterocycles. The summed E-state index contributed by atoms with van der Waals surface area (Å²) in [4.78, 5) is 18.7. The number of carbonyl (C=O) groups excluding carboxylic acids is 1. The first-order valence-corrected chi connectivity index (χ1v) is 9.02. The second-order valence-corrected chi connectivity index (χ2v) is 8.17. The standard InChI is InChI=1S/C21H29FN4O/c1-14-7-8-16(22)11-15(14)13-23-18-10-9-17(20(25-18)26(5)6)24-19(27)12-21(2,3)4/h7-11H,12-13H2,1-6H3,(H,23,25)(H,24,27). The molecule has 0 aliphatic rings. The van der Waals surface area contributed by atoms with Crippen LogP contribution < -0.4 is 15.5 Å². The van der Waals surface area contributed by atoms with E-state index in [2.05, 4.69) is 15.6 Å². The summed E-state index contributed by atoms with van der Waals surface area (Å²) in [6, 6.07) is 8.39. The molecule has 1 aromatic carbocycles. The third kappa shape index (κ3) is 6.24. The molecule has 0 aliphatic heterocycles. The maximum atomic E-state index is 13.4. The van der Waals surface area contributed by atoms with Crippen LogP contribution in [0, 0.1) is 18.2 Å². The van der Waals surface area contributed by atoms with Crippen LogP contribution in [0.15, 0.2) is 30.3 Å². The summed E-state index contributed by atoms with van der Waals surface area (Å²) in [7, 11) is 3.75. The van der Waals surface area contributed by atoms with Crippen molar-refractivity contribution in [1.29, 1.82) is 0 Å². The fourth-order valence-electron chi connectivity index (χ4n) is 2.68. The zero-order chi connectivity index (χ0) is 20.2. The lowest BCUT2D eigenvalue weighted by Crippen LogP contribution is -2.22. The summed E-state index contributed by atoms with van der Waals surface area (Å²) < 4.78 is 13.4. The van der Waals surface area contributed by atoms with E-state index in [0.717, 1.165) is 11.1 Å². The van der Waals surface area contributed by atoms with E-state index in [1.54, 1.807) is 6.07 Å². The highest BCUT2D eigenvalue weighted by molar-refractivity contribution is 5.94. The Morgan fingerprint density at radius 2 is 1.89 bits per heavy atom. The Kier molecular flexibility index (Phi) is 6.41. The minimum Gasteiger partial charge on any atom is -0.366 e. The number of anilines is 3. The Balaban J connectivity index is 2.14. The SMILES string of the molecule is Cc1ccc(F)cc1CNc1ccc(NC(=O)CC(C)(C)C)c(N(C)C)n1. The van der Waals surface area contributed by atoms with Crippen molar-refractivity contribution in [3.63, 3.8) is 0 Å². The number of aromatic nitrogens is 1. The lowest BCUT2D eigenvalue weighted by Gasteiger charge is -2.21. The summed E-state index contributed by atoms with van der Waals surface area (Å²) in [5.41, 5.74) is 2.48. The Morgan fingerprint density at radius 1 is 1.19 bits per heavy atom. The van der Waals surface area contributed by atoms with E-state index in [-0.39, 0.29) is 17.1 Å². The molecule has 0 aliphatic carbocycles. The molecule has 2 rings (SSSR count). The van der Waals surface area contributed by atoms with Gasteiger partial charge < -0.3 is 15.5 Å². The summed E-state index contributed by atoms with van der Waals surface area (Å²) >= 11 is 0. The molecule has 0 saturated heterocycles. The summed E-state index contributed by atoms with van der Waals surface area (Å²) in [6.07, 6.45) is 0.429. The molecular formula is C21H29FN4O. The monoisotopic (exact) mass is 372 g/mol. The van der Waals surface area contributed by atoms with E-state index in [9.17, 15) is 9.18 Å². The Morgan fingerprint density at radius 3 is 2.52 bits per heavy atom. The number of nitrogens with zero attached hydrogens (tertiary/aromatic N) is 2. The van der Waals surface area contributed by atoms with E-state index in [0.29, 0.717) is 30.3 Å². The van der Waals surface area contributed by atoms with Crippen molar-refractivity contribution in [2.75, 3.05) is 29.6 Å². The van der Waals surface area contributed by atoms with E-state index < -0.39 is 0 Å². The highest BCUT2D eigenvalue weighted by atomic mass is 19.1. The van der Waals surface area contributed by atoms with Crippen molar-refractivity contribution in [3.8, 4) is 0 Å². The fourth-order valence-corrected chi connectivity index (χ4v) is 2.68. The second kappa shape index (κ2) is 8.37. The van der Waals surface area contributed by atoms with Gasteiger partial charge in [-0.1, -0.05) is 26.8 Å². The molecule has 1 amide bonds. The predicted octanol–water partition coefficient (Wildman–Crippen LogP) is 4.58. The van der Waals surface area contributed by atoms with E-state index in [4.69, 9.17) is 0 Å². The van der Waals surface area contributed by atoms with Gasteiger partial charge in [-0.2, -0.15) is 0 Å². The van der Waals surface area contributed by atoms with Gasteiger partial charge in [-0.25, -0.2) is 9.37 Å². The number of nitrogens with one attached hydrogen (secondary N) is 2. The normalized spacial score (nSPS) is 11.2. The van der Waals surface area contributed by atoms with Gasteiger partial charge in [-0.15, -0.1) is 0 Å². The van der Waals surface area contributed by atoms with Crippen LogP contribution in [0.3, 0.4) is 0 Å². The van der Waals surface area contributed by atoms with E-state index in [1.165, 1.54) is 12.1 Å². The van der Waals surface area contributed by atoms with Gasteiger partial charge >= 0.3 is 0 Å². The molecule has 0 atom stereocenters. The molecule has 0 unspecified atom stereocenters. The quantitative estimate of drug-likeness (QED) is 0.779. The third-order valence-corrected chi connectivity index (χ3v) is 4.03. The first-order valence-electron chi connectivity index (χ1n) is 9.02. The van der Waals surface area contributed by atoms with Gasteiger partial charge in [-0.3, -0.25) is 4.79 Å². The average molecular weight is 372 g/mol. The van der Waals surface area contributed by atoms with Crippen molar-refractivity contribution in [2.45, 2.75) is 40.7 Å². The van der Waals surface area contributed by atoms with Crippen LogP contribution >= 0.6 is 0 Å². The van der Waals surface area contributed by atoms with Crippen LogP contribution in [0.25, 0.3) is 0 Å². The summed E-state index contributed by atoms with van der Waals surface area (Å²) in [5, 5.41) is 6.17. The van der Waals surface area contributed by atoms with E-state index in [1.807, 2.05) is 58.8 Å². The Bertz CT molecular complexity index is 812. The topological polar surface area (TPSA) is 57.3 Å². The number of hydrogen-bond donors (Lipinski definition) is 2. The second-order valence-electron chi connectivity index (χ2n) is 8.17. The van der Waals surface area contributed by atoms with Crippen molar-refractivity contribution in [2.24, 2.45) is 5.41 Å². The molecule has 0 radical (unpaired) electrons. The van der Waals surface area contributed by atoms with Gasteiger partial charge in [-0.05, 0) is 47.7 Å². The van der Waals surface area contributed by atoms with Gasteiger partial charge in [0, 0.05) is 27.1 Å². The zero-order valence-electron chi connectivity index (χ0n) is 17.0.